The van der Waals surface area contributed by atoms with Crippen molar-refractivity contribution in [3.8, 4) is 6.07 Å². The molecule has 0 aliphatic heterocycles. The van der Waals surface area contributed by atoms with Crippen LogP contribution in [0.3, 0.4) is 0 Å². The Bertz CT molecular complexity index is 649. The van der Waals surface area contributed by atoms with Gasteiger partial charge in [-0.05, 0) is 92.7 Å². The van der Waals surface area contributed by atoms with Gasteiger partial charge in [0.15, 0.2) is 0 Å². The zero-order valence-corrected chi connectivity index (χ0v) is 15.7. The van der Waals surface area contributed by atoms with Crippen molar-refractivity contribution in [2.75, 3.05) is 0 Å². The van der Waals surface area contributed by atoms with Gasteiger partial charge >= 0.3 is 0 Å². The third kappa shape index (κ3) is 4.53. The summed E-state index contributed by atoms with van der Waals surface area (Å²) in [5.74, 6) is 1.03. The second-order valence-corrected chi connectivity index (χ2v) is 8.16. The Balaban J connectivity index is 1.52. The first-order valence-electron chi connectivity index (χ1n) is 10.2. The number of nitriles is 1. The Morgan fingerprint density at radius 2 is 1.42 bits per heavy atom. The molecule has 0 radical (unpaired) electrons. The fourth-order valence-electron chi connectivity index (χ4n) is 4.68. The largest absolute Gasteiger partial charge is 0.205 e. The lowest BCUT2D eigenvalue weighted by Crippen LogP contribution is -2.14. The highest BCUT2D eigenvalue weighted by Crippen LogP contribution is 2.38. The molecule has 0 saturated heterocycles. The SMILES string of the molecule is CC[C@H]1CC[C@H](/C=C/[C@H]2CC[C@H](c3cc(F)c(C#N)c(F)c3)CC2)CC1. The molecule has 0 unspecified atom stereocenters. The predicted molar refractivity (Wildman–Crippen MR) is 101 cm³/mol. The Morgan fingerprint density at radius 3 is 1.88 bits per heavy atom. The maximum Gasteiger partial charge on any atom is 0.144 e. The summed E-state index contributed by atoms with van der Waals surface area (Å²) in [6.45, 7) is 2.30. The molecule has 3 heteroatoms. The third-order valence-corrected chi connectivity index (χ3v) is 6.54. The molecule has 1 aromatic rings. The molecule has 1 aromatic carbocycles. The maximum atomic E-state index is 13.8. The van der Waals surface area contributed by atoms with Gasteiger partial charge in [-0.3, -0.25) is 0 Å². The summed E-state index contributed by atoms with van der Waals surface area (Å²) in [5.41, 5.74) is 0.238. The molecule has 2 fully saturated rings. The molecular weight excluding hydrogens is 328 g/mol. The van der Waals surface area contributed by atoms with Gasteiger partial charge in [-0.1, -0.05) is 25.5 Å². The molecule has 0 bridgehead atoms. The summed E-state index contributed by atoms with van der Waals surface area (Å²) in [6.07, 6.45) is 15.6. The van der Waals surface area contributed by atoms with E-state index in [1.165, 1.54) is 44.2 Å². The molecule has 0 atom stereocenters. The highest BCUT2D eigenvalue weighted by atomic mass is 19.1. The molecule has 140 valence electrons. The number of allylic oxidation sites excluding steroid dienone is 2. The molecule has 3 rings (SSSR count). The molecule has 0 amide bonds. The van der Waals surface area contributed by atoms with Crippen LogP contribution >= 0.6 is 0 Å². The van der Waals surface area contributed by atoms with Crippen LogP contribution in [0.25, 0.3) is 0 Å². The van der Waals surface area contributed by atoms with Gasteiger partial charge in [0, 0.05) is 0 Å². The van der Waals surface area contributed by atoms with Crippen LogP contribution in [0.4, 0.5) is 8.78 Å². The summed E-state index contributed by atoms with van der Waals surface area (Å²) in [4.78, 5) is 0. The van der Waals surface area contributed by atoms with Gasteiger partial charge in [0.1, 0.15) is 23.3 Å². The Kier molecular flexibility index (Phi) is 6.46. The topological polar surface area (TPSA) is 23.8 Å². The number of nitrogens with zero attached hydrogens (tertiary/aromatic N) is 1. The van der Waals surface area contributed by atoms with E-state index in [-0.39, 0.29) is 5.92 Å². The highest BCUT2D eigenvalue weighted by molar-refractivity contribution is 5.36. The van der Waals surface area contributed by atoms with E-state index in [1.807, 2.05) is 0 Å². The van der Waals surface area contributed by atoms with Gasteiger partial charge in [0.25, 0.3) is 0 Å². The number of hydrogen-bond acceptors (Lipinski definition) is 1. The van der Waals surface area contributed by atoms with Crippen LogP contribution in [0.1, 0.15) is 81.8 Å². The van der Waals surface area contributed by atoms with Crippen molar-refractivity contribution in [3.63, 3.8) is 0 Å². The van der Waals surface area contributed by atoms with Crippen molar-refractivity contribution in [1.82, 2.24) is 0 Å². The molecule has 2 aliphatic rings. The maximum absolute atomic E-state index is 13.8. The minimum Gasteiger partial charge on any atom is -0.205 e. The average molecular weight is 357 g/mol. The summed E-state index contributed by atoms with van der Waals surface area (Å²) < 4.78 is 27.7. The second-order valence-electron chi connectivity index (χ2n) is 8.16. The Labute approximate surface area is 156 Å². The van der Waals surface area contributed by atoms with Gasteiger partial charge < -0.3 is 0 Å². The van der Waals surface area contributed by atoms with Crippen LogP contribution in [-0.2, 0) is 0 Å². The average Bonchev–Trinajstić information content (AvgIpc) is 2.67. The quantitative estimate of drug-likeness (QED) is 0.539. The summed E-state index contributed by atoms with van der Waals surface area (Å²) in [5, 5.41) is 8.79. The summed E-state index contributed by atoms with van der Waals surface area (Å²) in [6, 6.07) is 4.31. The van der Waals surface area contributed by atoms with E-state index >= 15 is 0 Å². The molecule has 26 heavy (non-hydrogen) atoms. The fourth-order valence-corrected chi connectivity index (χ4v) is 4.68. The number of rotatable bonds is 4. The molecule has 1 nitrogen and oxygen atoms in total. The number of benzene rings is 1. The highest BCUT2D eigenvalue weighted by Gasteiger charge is 2.24. The zero-order chi connectivity index (χ0) is 18.5. The Morgan fingerprint density at radius 1 is 0.923 bits per heavy atom. The van der Waals surface area contributed by atoms with Crippen molar-refractivity contribution in [1.29, 1.82) is 5.26 Å². The molecule has 2 aliphatic carbocycles. The van der Waals surface area contributed by atoms with Crippen molar-refractivity contribution >= 4 is 0 Å². The first-order valence-corrected chi connectivity index (χ1v) is 10.2. The van der Waals surface area contributed by atoms with E-state index in [0.29, 0.717) is 11.5 Å². The molecule has 2 saturated carbocycles. The Hall–Kier alpha value is -1.69. The predicted octanol–water partition coefficient (Wildman–Crippen LogP) is 6.88. The van der Waals surface area contributed by atoms with Crippen molar-refractivity contribution < 1.29 is 8.78 Å². The van der Waals surface area contributed by atoms with Crippen LogP contribution in [0.15, 0.2) is 24.3 Å². The molecular formula is C23H29F2N. The lowest BCUT2D eigenvalue weighted by molar-refractivity contribution is 0.301. The number of hydrogen-bond donors (Lipinski definition) is 0. The number of halogens is 2. The lowest BCUT2D eigenvalue weighted by atomic mass is 9.77. The lowest BCUT2D eigenvalue weighted by Gasteiger charge is -2.29. The molecule has 0 aromatic heterocycles. The van der Waals surface area contributed by atoms with Gasteiger partial charge in [-0.2, -0.15) is 5.26 Å². The molecule has 0 spiro atoms. The van der Waals surface area contributed by atoms with Crippen molar-refractivity contribution in [2.45, 2.75) is 70.6 Å². The van der Waals surface area contributed by atoms with Gasteiger partial charge in [-0.15, -0.1) is 0 Å². The molecule has 0 N–H and O–H groups in total. The summed E-state index contributed by atoms with van der Waals surface area (Å²) in [7, 11) is 0. The van der Waals surface area contributed by atoms with Gasteiger partial charge in [0.2, 0.25) is 0 Å². The van der Waals surface area contributed by atoms with Crippen molar-refractivity contribution in [3.05, 3.63) is 47.0 Å². The monoisotopic (exact) mass is 357 g/mol. The van der Waals surface area contributed by atoms with Crippen LogP contribution in [-0.4, -0.2) is 0 Å². The third-order valence-electron chi connectivity index (χ3n) is 6.54. The second kappa shape index (κ2) is 8.80. The first-order chi connectivity index (χ1) is 12.6. The van der Waals surface area contributed by atoms with E-state index in [2.05, 4.69) is 19.1 Å². The van der Waals surface area contributed by atoms with Crippen LogP contribution in [0.2, 0.25) is 0 Å². The standard InChI is InChI=1S/C23H29F2N/c1-2-16-3-5-17(6-4-16)7-8-18-9-11-19(12-10-18)20-13-22(24)21(15-26)23(25)14-20/h7-8,13-14,16-19H,2-6,9-12H2,1H3/b8-7+/t16-,17-,18-,19-. The van der Waals surface area contributed by atoms with Gasteiger partial charge in [-0.25, -0.2) is 8.78 Å². The van der Waals surface area contributed by atoms with E-state index in [0.717, 1.165) is 37.5 Å². The van der Waals surface area contributed by atoms with Crippen LogP contribution < -0.4 is 0 Å². The fraction of sp³-hybridized carbons (Fsp3) is 0.609. The van der Waals surface area contributed by atoms with Crippen LogP contribution in [0, 0.1) is 40.7 Å². The van der Waals surface area contributed by atoms with E-state index < -0.39 is 17.2 Å². The minimum absolute atomic E-state index is 0.205. The summed E-state index contributed by atoms with van der Waals surface area (Å²) >= 11 is 0. The van der Waals surface area contributed by atoms with E-state index in [9.17, 15) is 8.78 Å². The molecule has 0 heterocycles. The first kappa shape index (κ1) is 19.1. The van der Waals surface area contributed by atoms with Crippen LogP contribution in [0.5, 0.6) is 0 Å². The zero-order valence-electron chi connectivity index (χ0n) is 15.7. The van der Waals surface area contributed by atoms with E-state index in [4.69, 9.17) is 5.26 Å². The smallest absolute Gasteiger partial charge is 0.144 e. The van der Waals surface area contributed by atoms with Crippen molar-refractivity contribution in [2.24, 2.45) is 17.8 Å². The van der Waals surface area contributed by atoms with Gasteiger partial charge in [0.05, 0.1) is 0 Å². The minimum atomic E-state index is -0.729. The van der Waals surface area contributed by atoms with E-state index in [1.54, 1.807) is 6.07 Å². The normalized spacial score (nSPS) is 29.6.